The number of nitrogens with two attached hydrogens (primary N) is 1. The summed E-state index contributed by atoms with van der Waals surface area (Å²) in [6, 6.07) is 0. The number of piperidine rings is 1. The van der Waals surface area contributed by atoms with E-state index >= 15 is 0 Å². The van der Waals surface area contributed by atoms with Crippen molar-refractivity contribution < 1.29 is 4.39 Å². The van der Waals surface area contributed by atoms with Crippen molar-refractivity contribution in [2.45, 2.75) is 33.1 Å². The van der Waals surface area contributed by atoms with Crippen molar-refractivity contribution in [1.29, 1.82) is 0 Å². The highest BCUT2D eigenvalue weighted by Crippen LogP contribution is 2.32. The summed E-state index contributed by atoms with van der Waals surface area (Å²) < 4.78 is 14.1. The third-order valence-corrected chi connectivity index (χ3v) is 3.94. The lowest BCUT2D eigenvalue weighted by atomic mass is 9.80. The summed E-state index contributed by atoms with van der Waals surface area (Å²) in [4.78, 5) is 10.1. The summed E-state index contributed by atoms with van der Waals surface area (Å²) in [5.74, 6) is 0.178. The fraction of sp³-hybridized carbons (Fsp3) is 0.692. The van der Waals surface area contributed by atoms with Crippen LogP contribution in [0, 0.1) is 11.2 Å². The number of hydrogen-bond donors (Lipinski definition) is 1. The number of aryl methyl sites for hydroxylation is 1. The van der Waals surface area contributed by atoms with E-state index in [0.717, 1.165) is 25.9 Å². The summed E-state index contributed by atoms with van der Waals surface area (Å²) in [5.41, 5.74) is 6.46. The van der Waals surface area contributed by atoms with Gasteiger partial charge in [-0.3, -0.25) is 0 Å². The second-order valence-electron chi connectivity index (χ2n) is 5.31. The van der Waals surface area contributed by atoms with Crippen molar-refractivity contribution in [1.82, 2.24) is 9.97 Å². The normalized spacial score (nSPS) is 19.0. The predicted octanol–water partition coefficient (Wildman–Crippen LogP) is 1.74. The third-order valence-electron chi connectivity index (χ3n) is 3.94. The fourth-order valence-corrected chi connectivity index (χ4v) is 2.33. The molecule has 0 radical (unpaired) electrons. The van der Waals surface area contributed by atoms with Crippen LogP contribution >= 0.6 is 0 Å². The Hall–Kier alpha value is -1.23. The van der Waals surface area contributed by atoms with Crippen molar-refractivity contribution in [2.75, 3.05) is 24.5 Å². The molecule has 5 heteroatoms. The molecule has 0 bridgehead atoms. The van der Waals surface area contributed by atoms with E-state index in [1.165, 1.54) is 6.33 Å². The molecule has 1 fully saturated rings. The fourth-order valence-electron chi connectivity index (χ4n) is 2.33. The Balaban J connectivity index is 2.15. The van der Waals surface area contributed by atoms with E-state index in [9.17, 15) is 4.39 Å². The van der Waals surface area contributed by atoms with Crippen LogP contribution in [0.2, 0.25) is 0 Å². The molecule has 18 heavy (non-hydrogen) atoms. The van der Waals surface area contributed by atoms with Gasteiger partial charge in [0.1, 0.15) is 6.33 Å². The lowest BCUT2D eigenvalue weighted by molar-refractivity contribution is 0.257. The van der Waals surface area contributed by atoms with Gasteiger partial charge in [-0.05, 0) is 31.2 Å². The molecule has 0 saturated carbocycles. The second-order valence-corrected chi connectivity index (χ2v) is 5.31. The molecular formula is C13H21FN4. The van der Waals surface area contributed by atoms with Gasteiger partial charge in [0.15, 0.2) is 11.6 Å². The molecule has 1 aromatic rings. The molecule has 1 aliphatic heterocycles. The van der Waals surface area contributed by atoms with Crippen molar-refractivity contribution in [3.63, 3.8) is 0 Å². The van der Waals surface area contributed by atoms with Gasteiger partial charge in [-0.1, -0.05) is 13.8 Å². The van der Waals surface area contributed by atoms with Crippen LogP contribution in [-0.4, -0.2) is 29.6 Å². The zero-order valence-corrected chi connectivity index (χ0v) is 11.1. The number of aromatic nitrogens is 2. The van der Waals surface area contributed by atoms with Crippen LogP contribution in [0.5, 0.6) is 0 Å². The number of nitrogens with zero attached hydrogens (tertiary/aromatic N) is 3. The lowest BCUT2D eigenvalue weighted by Gasteiger charge is -2.39. The number of halogens is 1. The van der Waals surface area contributed by atoms with E-state index in [4.69, 9.17) is 5.73 Å². The van der Waals surface area contributed by atoms with Gasteiger partial charge in [-0.25, -0.2) is 14.4 Å². The molecular weight excluding hydrogens is 231 g/mol. The van der Waals surface area contributed by atoms with E-state index in [-0.39, 0.29) is 11.2 Å². The molecule has 0 spiro atoms. The minimum Gasteiger partial charge on any atom is -0.354 e. The Bertz CT molecular complexity index is 413. The predicted molar refractivity (Wildman–Crippen MR) is 70.0 cm³/mol. The van der Waals surface area contributed by atoms with Gasteiger partial charge < -0.3 is 10.6 Å². The zero-order chi connectivity index (χ0) is 13.2. The maximum absolute atomic E-state index is 14.1. The number of rotatable bonds is 3. The first-order chi connectivity index (χ1) is 8.59. The second kappa shape index (κ2) is 5.18. The first-order valence-electron chi connectivity index (χ1n) is 6.54. The first-order valence-corrected chi connectivity index (χ1v) is 6.54. The van der Waals surface area contributed by atoms with Gasteiger partial charge >= 0.3 is 0 Å². The molecule has 2 N–H and O–H groups in total. The SMILES string of the molecule is CCc1ncnc(N2CCC(C)(CN)CC2)c1F. The van der Waals surface area contributed by atoms with Crippen molar-refractivity contribution >= 4 is 5.82 Å². The average molecular weight is 252 g/mol. The summed E-state index contributed by atoms with van der Waals surface area (Å²) >= 11 is 0. The summed E-state index contributed by atoms with van der Waals surface area (Å²) in [7, 11) is 0. The van der Waals surface area contributed by atoms with Crippen LogP contribution < -0.4 is 10.6 Å². The molecule has 0 aliphatic carbocycles. The molecule has 1 aromatic heterocycles. The molecule has 100 valence electrons. The Morgan fingerprint density at radius 3 is 2.61 bits per heavy atom. The summed E-state index contributed by atoms with van der Waals surface area (Å²) in [5, 5.41) is 0. The average Bonchev–Trinajstić information content (AvgIpc) is 2.40. The third kappa shape index (κ3) is 2.46. The molecule has 4 nitrogen and oxygen atoms in total. The van der Waals surface area contributed by atoms with Crippen molar-refractivity contribution in [3.05, 3.63) is 17.8 Å². The van der Waals surface area contributed by atoms with Crippen molar-refractivity contribution in [2.24, 2.45) is 11.1 Å². The maximum atomic E-state index is 14.1. The minimum atomic E-state index is -0.267. The van der Waals surface area contributed by atoms with Crippen LogP contribution in [0.25, 0.3) is 0 Å². The van der Waals surface area contributed by atoms with Gasteiger partial charge in [0.05, 0.1) is 5.69 Å². The van der Waals surface area contributed by atoms with Gasteiger partial charge in [0.25, 0.3) is 0 Å². The summed E-state index contributed by atoms with van der Waals surface area (Å²) in [6.07, 6.45) is 4.01. The number of hydrogen-bond acceptors (Lipinski definition) is 4. The topological polar surface area (TPSA) is 55.0 Å². The highest BCUT2D eigenvalue weighted by atomic mass is 19.1. The van der Waals surface area contributed by atoms with Crippen LogP contribution in [0.3, 0.4) is 0 Å². The van der Waals surface area contributed by atoms with E-state index in [0.29, 0.717) is 24.5 Å². The summed E-state index contributed by atoms with van der Waals surface area (Å²) in [6.45, 7) is 6.40. The molecule has 0 atom stereocenters. The van der Waals surface area contributed by atoms with Gasteiger partial charge in [0, 0.05) is 13.1 Å². The molecule has 2 heterocycles. The highest BCUT2D eigenvalue weighted by molar-refractivity contribution is 5.41. The van der Waals surface area contributed by atoms with Crippen LogP contribution in [0.4, 0.5) is 10.2 Å². The maximum Gasteiger partial charge on any atom is 0.187 e. The van der Waals surface area contributed by atoms with Gasteiger partial charge in [-0.15, -0.1) is 0 Å². The van der Waals surface area contributed by atoms with Gasteiger partial charge in [-0.2, -0.15) is 0 Å². The van der Waals surface area contributed by atoms with E-state index in [1.54, 1.807) is 0 Å². The Kier molecular flexibility index (Phi) is 3.80. The van der Waals surface area contributed by atoms with E-state index in [2.05, 4.69) is 16.9 Å². The van der Waals surface area contributed by atoms with Crippen LogP contribution in [-0.2, 0) is 6.42 Å². The highest BCUT2D eigenvalue weighted by Gasteiger charge is 2.30. The Morgan fingerprint density at radius 2 is 2.06 bits per heavy atom. The number of anilines is 1. The molecule has 1 saturated heterocycles. The van der Waals surface area contributed by atoms with E-state index < -0.39 is 0 Å². The van der Waals surface area contributed by atoms with Crippen LogP contribution in [0.1, 0.15) is 32.4 Å². The molecule has 2 rings (SSSR count). The van der Waals surface area contributed by atoms with Crippen LogP contribution in [0.15, 0.2) is 6.33 Å². The smallest absolute Gasteiger partial charge is 0.187 e. The van der Waals surface area contributed by atoms with Gasteiger partial charge in [0.2, 0.25) is 0 Å². The Labute approximate surface area is 107 Å². The molecule has 0 unspecified atom stereocenters. The first kappa shape index (κ1) is 13.2. The lowest BCUT2D eigenvalue weighted by Crippen LogP contribution is -2.43. The molecule has 1 aliphatic rings. The van der Waals surface area contributed by atoms with Crippen molar-refractivity contribution in [3.8, 4) is 0 Å². The molecule has 0 amide bonds. The standard InChI is InChI=1S/C13H21FN4/c1-3-10-11(14)12(17-9-16-10)18-6-4-13(2,8-15)5-7-18/h9H,3-8,15H2,1-2H3. The quantitative estimate of drug-likeness (QED) is 0.890. The largest absolute Gasteiger partial charge is 0.354 e. The van der Waals surface area contributed by atoms with E-state index in [1.807, 2.05) is 11.8 Å². The molecule has 0 aromatic carbocycles. The zero-order valence-electron chi connectivity index (χ0n) is 11.1. The monoisotopic (exact) mass is 252 g/mol. The Morgan fingerprint density at radius 1 is 1.39 bits per heavy atom. The minimum absolute atomic E-state index is 0.188.